The molecular formula is C18H21N3O4S. The highest BCUT2D eigenvalue weighted by molar-refractivity contribution is 8.13. The number of thioether (sulfide) groups is 1. The topological polar surface area (TPSA) is 85.5 Å². The molecule has 1 aliphatic heterocycles. The minimum absolute atomic E-state index is 0.0165. The fourth-order valence-electron chi connectivity index (χ4n) is 2.52. The Bertz CT molecular complexity index is 773. The zero-order valence-corrected chi connectivity index (χ0v) is 15.6. The zero-order valence-electron chi connectivity index (χ0n) is 14.8. The van der Waals surface area contributed by atoms with Crippen molar-refractivity contribution < 1.29 is 18.8 Å². The minimum atomic E-state index is -0.393. The van der Waals surface area contributed by atoms with Crippen LogP contribution in [0.5, 0.6) is 0 Å². The summed E-state index contributed by atoms with van der Waals surface area (Å²) in [4.78, 5) is 29.2. The van der Waals surface area contributed by atoms with E-state index in [1.54, 1.807) is 4.90 Å². The molecule has 1 saturated heterocycles. The maximum atomic E-state index is 11.8. The van der Waals surface area contributed by atoms with E-state index >= 15 is 0 Å². The second kappa shape index (κ2) is 8.35. The summed E-state index contributed by atoms with van der Waals surface area (Å²) in [7, 11) is 0. The Hall–Kier alpha value is -2.35. The van der Waals surface area contributed by atoms with Crippen molar-refractivity contribution in [3.05, 3.63) is 35.7 Å². The normalized spacial score (nSPS) is 14.3. The predicted molar refractivity (Wildman–Crippen MR) is 97.7 cm³/mol. The van der Waals surface area contributed by atoms with Gasteiger partial charge in [-0.15, -0.1) is 0 Å². The molecule has 0 radical (unpaired) electrons. The molecule has 0 atom stereocenters. The molecule has 0 saturated carbocycles. The van der Waals surface area contributed by atoms with Crippen LogP contribution in [0, 0.1) is 0 Å². The number of benzene rings is 1. The van der Waals surface area contributed by atoms with Crippen LogP contribution in [0.1, 0.15) is 37.6 Å². The summed E-state index contributed by atoms with van der Waals surface area (Å²) in [6, 6.07) is 7.96. The number of carbonyl (C=O) groups is 2. The first-order valence-electron chi connectivity index (χ1n) is 8.53. The summed E-state index contributed by atoms with van der Waals surface area (Å²) in [5.74, 6) is 1.55. The van der Waals surface area contributed by atoms with Gasteiger partial charge >= 0.3 is 5.97 Å². The van der Waals surface area contributed by atoms with Gasteiger partial charge in [0.2, 0.25) is 5.82 Å². The lowest BCUT2D eigenvalue weighted by molar-refractivity contribution is -0.145. The standard InChI is InChI=1S/C18H21N3O4S/c1-12(2)13-3-5-14(6-4-13)17-19-15(25-20-17)11-24-16(22)7-8-21-9-10-26-18(21)23/h3-6,12H,7-11H2,1-2H3. The van der Waals surface area contributed by atoms with Crippen molar-refractivity contribution in [1.29, 1.82) is 0 Å². The molecule has 2 heterocycles. The van der Waals surface area contributed by atoms with Gasteiger partial charge in [0.1, 0.15) is 0 Å². The largest absolute Gasteiger partial charge is 0.456 e. The first-order chi connectivity index (χ1) is 12.5. The van der Waals surface area contributed by atoms with Crippen LogP contribution in [-0.4, -0.2) is 45.1 Å². The average Bonchev–Trinajstić information content (AvgIpc) is 3.27. The van der Waals surface area contributed by atoms with E-state index in [4.69, 9.17) is 9.26 Å². The molecule has 0 aliphatic carbocycles. The second-order valence-corrected chi connectivity index (χ2v) is 7.35. The predicted octanol–water partition coefficient (Wildman–Crippen LogP) is 3.46. The molecule has 7 nitrogen and oxygen atoms in total. The Kier molecular flexibility index (Phi) is 5.92. The zero-order chi connectivity index (χ0) is 18.5. The number of ether oxygens (including phenoxy) is 1. The highest BCUT2D eigenvalue weighted by atomic mass is 32.2. The van der Waals surface area contributed by atoms with Crippen molar-refractivity contribution in [2.75, 3.05) is 18.8 Å². The van der Waals surface area contributed by atoms with Gasteiger partial charge in [0.25, 0.3) is 11.1 Å². The van der Waals surface area contributed by atoms with E-state index in [0.717, 1.165) is 11.3 Å². The van der Waals surface area contributed by atoms with Crippen LogP contribution < -0.4 is 0 Å². The molecule has 26 heavy (non-hydrogen) atoms. The molecule has 1 aliphatic rings. The fraction of sp³-hybridized carbons (Fsp3) is 0.444. The maximum absolute atomic E-state index is 11.8. The van der Waals surface area contributed by atoms with Gasteiger partial charge in [-0.05, 0) is 11.5 Å². The molecule has 1 fully saturated rings. The van der Waals surface area contributed by atoms with E-state index in [2.05, 4.69) is 24.0 Å². The van der Waals surface area contributed by atoms with E-state index < -0.39 is 5.97 Å². The summed E-state index contributed by atoms with van der Waals surface area (Å²) in [6.07, 6.45) is 0.157. The van der Waals surface area contributed by atoms with Gasteiger partial charge in [-0.2, -0.15) is 4.98 Å². The second-order valence-electron chi connectivity index (χ2n) is 6.30. The number of esters is 1. The Balaban J connectivity index is 1.48. The first kappa shape index (κ1) is 18.4. The third kappa shape index (κ3) is 4.63. The van der Waals surface area contributed by atoms with Crippen molar-refractivity contribution in [2.24, 2.45) is 0 Å². The number of rotatable bonds is 7. The third-order valence-electron chi connectivity index (χ3n) is 4.09. The van der Waals surface area contributed by atoms with Crippen LogP contribution >= 0.6 is 11.8 Å². The van der Waals surface area contributed by atoms with E-state index in [1.165, 1.54) is 17.3 Å². The molecule has 1 amide bonds. The Labute approximate surface area is 156 Å². The van der Waals surface area contributed by atoms with Crippen molar-refractivity contribution >= 4 is 23.0 Å². The lowest BCUT2D eigenvalue weighted by atomic mass is 10.0. The van der Waals surface area contributed by atoms with E-state index in [1.807, 2.05) is 24.3 Å². The van der Waals surface area contributed by atoms with Gasteiger partial charge in [0.05, 0.1) is 6.42 Å². The van der Waals surface area contributed by atoms with E-state index in [9.17, 15) is 9.59 Å². The van der Waals surface area contributed by atoms with Crippen molar-refractivity contribution in [3.8, 4) is 11.4 Å². The molecule has 1 aromatic carbocycles. The summed E-state index contributed by atoms with van der Waals surface area (Å²) in [6.45, 7) is 5.25. The Morgan fingerprint density at radius 1 is 1.35 bits per heavy atom. The number of hydrogen-bond acceptors (Lipinski definition) is 7. The molecule has 0 spiro atoms. The highest BCUT2D eigenvalue weighted by Crippen LogP contribution is 2.21. The number of carbonyl (C=O) groups excluding carboxylic acids is 2. The quantitative estimate of drug-likeness (QED) is 0.685. The smallest absolute Gasteiger partial charge is 0.308 e. The fourth-order valence-corrected chi connectivity index (χ4v) is 3.37. The van der Waals surface area contributed by atoms with Crippen molar-refractivity contribution in [1.82, 2.24) is 15.0 Å². The molecule has 138 valence electrons. The molecule has 2 aromatic rings. The first-order valence-corrected chi connectivity index (χ1v) is 9.51. The van der Waals surface area contributed by atoms with Gasteiger partial charge < -0.3 is 14.2 Å². The summed E-state index contributed by atoms with van der Waals surface area (Å²) < 4.78 is 10.3. The third-order valence-corrected chi connectivity index (χ3v) is 4.98. The maximum Gasteiger partial charge on any atom is 0.308 e. The van der Waals surface area contributed by atoms with Gasteiger partial charge in [-0.3, -0.25) is 9.59 Å². The van der Waals surface area contributed by atoms with Gasteiger partial charge in [-0.1, -0.05) is 55.0 Å². The van der Waals surface area contributed by atoms with Crippen LogP contribution in [0.2, 0.25) is 0 Å². The van der Waals surface area contributed by atoms with Crippen LogP contribution in [0.4, 0.5) is 4.79 Å². The molecule has 0 unspecified atom stereocenters. The SMILES string of the molecule is CC(C)c1ccc(-c2noc(COC(=O)CCN3CCSC3=O)n2)cc1. The molecular weight excluding hydrogens is 354 g/mol. The lowest BCUT2D eigenvalue weighted by Gasteiger charge is -2.13. The molecule has 1 aromatic heterocycles. The molecule has 0 bridgehead atoms. The Morgan fingerprint density at radius 2 is 2.12 bits per heavy atom. The number of amides is 1. The van der Waals surface area contributed by atoms with Crippen LogP contribution in [0.25, 0.3) is 11.4 Å². The average molecular weight is 375 g/mol. The van der Waals surface area contributed by atoms with Crippen molar-refractivity contribution in [3.63, 3.8) is 0 Å². The van der Waals surface area contributed by atoms with Crippen molar-refractivity contribution in [2.45, 2.75) is 32.8 Å². The summed E-state index contributed by atoms with van der Waals surface area (Å²) >= 11 is 1.27. The molecule has 8 heteroatoms. The van der Waals surface area contributed by atoms with Crippen LogP contribution in [-0.2, 0) is 16.1 Å². The van der Waals surface area contributed by atoms with Crippen LogP contribution in [0.3, 0.4) is 0 Å². The number of hydrogen-bond donors (Lipinski definition) is 0. The van der Waals surface area contributed by atoms with Crippen LogP contribution in [0.15, 0.2) is 28.8 Å². The monoisotopic (exact) mass is 375 g/mol. The summed E-state index contributed by atoms with van der Waals surface area (Å²) in [5, 5.41) is 3.94. The number of aromatic nitrogens is 2. The Morgan fingerprint density at radius 3 is 2.77 bits per heavy atom. The lowest BCUT2D eigenvalue weighted by Crippen LogP contribution is -2.26. The van der Waals surface area contributed by atoms with E-state index in [0.29, 0.717) is 24.8 Å². The molecule has 3 rings (SSSR count). The van der Waals surface area contributed by atoms with Gasteiger partial charge in [-0.25, -0.2) is 0 Å². The summed E-state index contributed by atoms with van der Waals surface area (Å²) in [5.41, 5.74) is 2.09. The minimum Gasteiger partial charge on any atom is -0.456 e. The van der Waals surface area contributed by atoms with Gasteiger partial charge in [0, 0.05) is 24.4 Å². The van der Waals surface area contributed by atoms with Gasteiger partial charge in [0.15, 0.2) is 6.61 Å². The van der Waals surface area contributed by atoms with E-state index in [-0.39, 0.29) is 24.2 Å². The molecule has 0 N–H and O–H groups in total. The number of nitrogens with zero attached hydrogens (tertiary/aromatic N) is 3. The highest BCUT2D eigenvalue weighted by Gasteiger charge is 2.21.